The highest BCUT2D eigenvalue weighted by atomic mass is 16.5. The van der Waals surface area contributed by atoms with Crippen LogP contribution in [0.15, 0.2) is 24.3 Å². The lowest BCUT2D eigenvalue weighted by atomic mass is 9.93. The average molecular weight is 332 g/mol. The highest BCUT2D eigenvalue weighted by molar-refractivity contribution is 5.93. The van der Waals surface area contributed by atoms with E-state index in [1.165, 1.54) is 12.8 Å². The quantitative estimate of drug-likeness (QED) is 0.438. The largest absolute Gasteiger partial charge is 0.349 e. The SMILES string of the molecule is CC(C)C(NC(=O)C1CCCCCC1)c1ccc(C(=O)NO)cc1. The third-order valence-corrected chi connectivity index (χ3v) is 4.82. The first-order chi connectivity index (χ1) is 11.5. The van der Waals surface area contributed by atoms with Crippen LogP contribution < -0.4 is 10.8 Å². The molecule has 5 nitrogen and oxygen atoms in total. The first-order valence-electron chi connectivity index (χ1n) is 8.87. The zero-order valence-corrected chi connectivity index (χ0v) is 14.5. The molecule has 1 atom stereocenters. The van der Waals surface area contributed by atoms with Gasteiger partial charge in [-0.15, -0.1) is 0 Å². The molecular formula is C19H28N2O3. The number of rotatable bonds is 5. The van der Waals surface area contributed by atoms with E-state index in [1.54, 1.807) is 17.6 Å². The monoisotopic (exact) mass is 332 g/mol. The van der Waals surface area contributed by atoms with Crippen LogP contribution >= 0.6 is 0 Å². The van der Waals surface area contributed by atoms with Gasteiger partial charge in [0, 0.05) is 11.5 Å². The molecule has 5 heteroatoms. The lowest BCUT2D eigenvalue weighted by Gasteiger charge is -2.25. The molecular weight excluding hydrogens is 304 g/mol. The summed E-state index contributed by atoms with van der Waals surface area (Å²) >= 11 is 0. The summed E-state index contributed by atoms with van der Waals surface area (Å²) in [7, 11) is 0. The van der Waals surface area contributed by atoms with Crippen molar-refractivity contribution in [1.82, 2.24) is 10.8 Å². The fraction of sp³-hybridized carbons (Fsp3) is 0.579. The van der Waals surface area contributed by atoms with E-state index >= 15 is 0 Å². The molecule has 0 aliphatic heterocycles. The number of amides is 2. The summed E-state index contributed by atoms with van der Waals surface area (Å²) in [5, 5.41) is 11.9. The van der Waals surface area contributed by atoms with Crippen LogP contribution in [-0.4, -0.2) is 17.0 Å². The van der Waals surface area contributed by atoms with E-state index in [0.29, 0.717) is 5.56 Å². The summed E-state index contributed by atoms with van der Waals surface area (Å²) in [4.78, 5) is 24.1. The Morgan fingerprint density at radius 2 is 1.62 bits per heavy atom. The molecule has 1 aliphatic rings. The molecule has 0 heterocycles. The predicted molar refractivity (Wildman–Crippen MR) is 92.6 cm³/mol. The molecule has 1 fully saturated rings. The first kappa shape index (κ1) is 18.5. The van der Waals surface area contributed by atoms with Crippen molar-refractivity contribution in [2.75, 3.05) is 0 Å². The summed E-state index contributed by atoms with van der Waals surface area (Å²) < 4.78 is 0. The van der Waals surface area contributed by atoms with Gasteiger partial charge >= 0.3 is 0 Å². The summed E-state index contributed by atoms with van der Waals surface area (Å²) in [6, 6.07) is 6.92. The van der Waals surface area contributed by atoms with Gasteiger partial charge in [-0.2, -0.15) is 0 Å². The maximum atomic E-state index is 12.7. The zero-order valence-electron chi connectivity index (χ0n) is 14.5. The Morgan fingerprint density at radius 1 is 1.04 bits per heavy atom. The van der Waals surface area contributed by atoms with Gasteiger partial charge in [-0.05, 0) is 36.5 Å². The first-order valence-corrected chi connectivity index (χ1v) is 8.87. The minimum atomic E-state index is -0.537. The van der Waals surface area contributed by atoms with Crippen LogP contribution in [0.1, 0.15) is 74.3 Å². The van der Waals surface area contributed by atoms with E-state index in [4.69, 9.17) is 5.21 Å². The second-order valence-electron chi connectivity index (χ2n) is 6.98. The Labute approximate surface area is 143 Å². The zero-order chi connectivity index (χ0) is 17.5. The molecule has 0 spiro atoms. The summed E-state index contributed by atoms with van der Waals surface area (Å²) in [5.41, 5.74) is 2.99. The fourth-order valence-corrected chi connectivity index (χ4v) is 3.35. The second-order valence-corrected chi connectivity index (χ2v) is 6.98. The van der Waals surface area contributed by atoms with Crippen molar-refractivity contribution in [2.45, 2.75) is 58.4 Å². The van der Waals surface area contributed by atoms with E-state index in [-0.39, 0.29) is 23.8 Å². The molecule has 0 aromatic heterocycles. The van der Waals surface area contributed by atoms with Crippen molar-refractivity contribution in [3.63, 3.8) is 0 Å². The standard InChI is InChI=1S/C19H28N2O3/c1-13(2)17(14-9-11-16(12-10-14)19(23)21-24)20-18(22)15-7-5-3-4-6-8-15/h9-13,15,17,24H,3-8H2,1-2H3,(H,20,22)(H,21,23). The van der Waals surface area contributed by atoms with Crippen molar-refractivity contribution < 1.29 is 14.8 Å². The smallest absolute Gasteiger partial charge is 0.274 e. The molecule has 1 saturated carbocycles. The predicted octanol–water partition coefficient (Wildman–Crippen LogP) is 3.59. The van der Waals surface area contributed by atoms with Crippen molar-refractivity contribution >= 4 is 11.8 Å². The lowest BCUT2D eigenvalue weighted by Crippen LogP contribution is -2.36. The van der Waals surface area contributed by atoms with Crippen molar-refractivity contribution in [1.29, 1.82) is 0 Å². The third-order valence-electron chi connectivity index (χ3n) is 4.82. The molecule has 1 aromatic rings. The van der Waals surface area contributed by atoms with Crippen molar-refractivity contribution in [2.24, 2.45) is 11.8 Å². The molecule has 1 unspecified atom stereocenters. The van der Waals surface area contributed by atoms with Gasteiger partial charge in [0.05, 0.1) is 6.04 Å². The molecule has 2 rings (SSSR count). The van der Waals surface area contributed by atoms with Crippen LogP contribution in [-0.2, 0) is 4.79 Å². The highest BCUT2D eigenvalue weighted by Crippen LogP contribution is 2.26. The van der Waals surface area contributed by atoms with E-state index in [0.717, 1.165) is 31.2 Å². The Morgan fingerprint density at radius 3 is 2.12 bits per heavy atom. The van der Waals surface area contributed by atoms with E-state index < -0.39 is 5.91 Å². The van der Waals surface area contributed by atoms with Crippen molar-refractivity contribution in [3.05, 3.63) is 35.4 Å². The number of hydrogen-bond acceptors (Lipinski definition) is 3. The minimum Gasteiger partial charge on any atom is -0.349 e. The van der Waals surface area contributed by atoms with E-state index in [2.05, 4.69) is 19.2 Å². The maximum absolute atomic E-state index is 12.7. The van der Waals surface area contributed by atoms with E-state index in [9.17, 15) is 9.59 Å². The van der Waals surface area contributed by atoms with Crippen LogP contribution in [0.3, 0.4) is 0 Å². The third kappa shape index (κ3) is 4.81. The molecule has 2 amide bonds. The topological polar surface area (TPSA) is 78.4 Å². The summed E-state index contributed by atoms with van der Waals surface area (Å²) in [6.07, 6.45) is 6.68. The van der Waals surface area contributed by atoms with Gasteiger partial charge in [0.1, 0.15) is 0 Å². The summed E-state index contributed by atoms with van der Waals surface area (Å²) in [5.74, 6) is -0.0247. The normalized spacial score (nSPS) is 17.2. The summed E-state index contributed by atoms with van der Waals surface area (Å²) in [6.45, 7) is 4.15. The van der Waals surface area contributed by atoms with Gasteiger partial charge in [0.25, 0.3) is 5.91 Å². The highest BCUT2D eigenvalue weighted by Gasteiger charge is 2.25. The van der Waals surface area contributed by atoms with Gasteiger partial charge in [0.2, 0.25) is 5.91 Å². The molecule has 1 aromatic carbocycles. The Balaban J connectivity index is 2.08. The number of hydroxylamine groups is 1. The van der Waals surface area contributed by atoms with E-state index in [1.807, 2.05) is 12.1 Å². The van der Waals surface area contributed by atoms with Crippen LogP contribution in [0.5, 0.6) is 0 Å². The molecule has 3 N–H and O–H groups in total. The molecule has 0 radical (unpaired) electrons. The van der Waals surface area contributed by atoms with Gasteiger partial charge in [-0.3, -0.25) is 14.8 Å². The molecule has 1 aliphatic carbocycles. The van der Waals surface area contributed by atoms with Gasteiger partial charge in [0.15, 0.2) is 0 Å². The van der Waals surface area contributed by atoms with Gasteiger partial charge in [-0.25, -0.2) is 5.48 Å². The second kappa shape index (κ2) is 8.83. The fourth-order valence-electron chi connectivity index (χ4n) is 3.35. The Bertz CT molecular complexity index is 546. The number of hydrogen-bond donors (Lipinski definition) is 3. The van der Waals surface area contributed by atoms with Crippen LogP contribution in [0.4, 0.5) is 0 Å². The van der Waals surface area contributed by atoms with Gasteiger partial charge < -0.3 is 5.32 Å². The van der Waals surface area contributed by atoms with Crippen LogP contribution in [0.25, 0.3) is 0 Å². The molecule has 24 heavy (non-hydrogen) atoms. The Kier molecular flexibility index (Phi) is 6.79. The number of carbonyl (C=O) groups is 2. The molecule has 0 bridgehead atoms. The number of benzene rings is 1. The number of nitrogens with one attached hydrogen (secondary N) is 2. The minimum absolute atomic E-state index is 0.0769. The number of carbonyl (C=O) groups excluding carboxylic acids is 2. The maximum Gasteiger partial charge on any atom is 0.274 e. The van der Waals surface area contributed by atoms with Crippen molar-refractivity contribution in [3.8, 4) is 0 Å². The van der Waals surface area contributed by atoms with Crippen LogP contribution in [0.2, 0.25) is 0 Å². The lowest BCUT2D eigenvalue weighted by molar-refractivity contribution is -0.126. The Hall–Kier alpha value is -1.88. The molecule has 0 saturated heterocycles. The average Bonchev–Trinajstić information content (AvgIpc) is 2.88. The van der Waals surface area contributed by atoms with Gasteiger partial charge in [-0.1, -0.05) is 51.7 Å². The molecule has 132 valence electrons. The van der Waals surface area contributed by atoms with Crippen LogP contribution in [0, 0.1) is 11.8 Å².